The standard InChI is InChI=1S/C22H35Cl/c1-3-5-7-8-10-14-20(13-6-4-2)19-22(17-18-23)21-15-11-9-12-16-21/h6,9,11-13,15-16,20,22H,3-5,7-8,10,14,17-19H2,1-2H3. The first-order chi connectivity index (χ1) is 11.3. The van der Waals surface area contributed by atoms with Crippen molar-refractivity contribution in [3.8, 4) is 0 Å². The Morgan fingerprint density at radius 2 is 1.70 bits per heavy atom. The lowest BCUT2D eigenvalue weighted by molar-refractivity contribution is 0.447. The van der Waals surface area contributed by atoms with Crippen molar-refractivity contribution in [1.29, 1.82) is 0 Å². The number of rotatable bonds is 13. The van der Waals surface area contributed by atoms with Gasteiger partial charge in [0.05, 0.1) is 0 Å². The van der Waals surface area contributed by atoms with Gasteiger partial charge in [0.25, 0.3) is 0 Å². The minimum Gasteiger partial charge on any atom is -0.127 e. The molecule has 0 aliphatic heterocycles. The third kappa shape index (κ3) is 9.20. The fraction of sp³-hybridized carbons (Fsp3) is 0.636. The molecule has 2 unspecified atom stereocenters. The van der Waals surface area contributed by atoms with Crippen LogP contribution in [0.1, 0.15) is 83.1 Å². The van der Waals surface area contributed by atoms with Gasteiger partial charge in [-0.25, -0.2) is 0 Å². The van der Waals surface area contributed by atoms with E-state index in [1.807, 2.05) is 0 Å². The van der Waals surface area contributed by atoms with Crippen molar-refractivity contribution in [1.82, 2.24) is 0 Å². The number of alkyl halides is 1. The zero-order valence-electron chi connectivity index (χ0n) is 15.1. The molecule has 0 aromatic heterocycles. The average Bonchev–Trinajstić information content (AvgIpc) is 2.59. The predicted molar refractivity (Wildman–Crippen MR) is 105 cm³/mol. The van der Waals surface area contributed by atoms with Crippen LogP contribution >= 0.6 is 11.6 Å². The van der Waals surface area contributed by atoms with Gasteiger partial charge in [-0.1, -0.05) is 88.4 Å². The molecule has 0 aliphatic carbocycles. The SMILES string of the molecule is CCC=CC(CCCCCCC)CC(CCCl)c1ccccc1. The summed E-state index contributed by atoms with van der Waals surface area (Å²) in [5, 5.41) is 0. The lowest BCUT2D eigenvalue weighted by atomic mass is 9.84. The monoisotopic (exact) mass is 334 g/mol. The molecule has 1 aromatic rings. The number of unbranched alkanes of at least 4 members (excludes halogenated alkanes) is 4. The summed E-state index contributed by atoms with van der Waals surface area (Å²) in [4.78, 5) is 0. The Labute approximate surface area is 149 Å². The van der Waals surface area contributed by atoms with E-state index in [2.05, 4.69) is 56.3 Å². The Hall–Kier alpha value is -0.750. The van der Waals surface area contributed by atoms with Gasteiger partial charge in [0.15, 0.2) is 0 Å². The van der Waals surface area contributed by atoms with Crippen molar-refractivity contribution in [3.05, 3.63) is 48.0 Å². The molecule has 2 atom stereocenters. The maximum absolute atomic E-state index is 6.08. The van der Waals surface area contributed by atoms with E-state index in [4.69, 9.17) is 11.6 Å². The van der Waals surface area contributed by atoms with Crippen LogP contribution in [0, 0.1) is 5.92 Å². The highest BCUT2D eigenvalue weighted by Gasteiger charge is 2.16. The molecule has 0 heterocycles. The molecule has 1 rings (SSSR count). The highest BCUT2D eigenvalue weighted by molar-refractivity contribution is 6.17. The molecule has 23 heavy (non-hydrogen) atoms. The summed E-state index contributed by atoms with van der Waals surface area (Å²) in [6, 6.07) is 10.9. The second kappa shape index (κ2) is 13.7. The summed E-state index contributed by atoms with van der Waals surface area (Å²) >= 11 is 6.08. The molecule has 130 valence electrons. The molecular formula is C22H35Cl. The van der Waals surface area contributed by atoms with Crippen LogP contribution in [-0.4, -0.2) is 5.88 Å². The summed E-state index contributed by atoms with van der Waals surface area (Å²) in [5.41, 5.74) is 1.45. The minimum absolute atomic E-state index is 0.593. The molecule has 1 aromatic carbocycles. The maximum Gasteiger partial charge on any atom is 0.0229 e. The van der Waals surface area contributed by atoms with Gasteiger partial charge >= 0.3 is 0 Å². The largest absolute Gasteiger partial charge is 0.127 e. The van der Waals surface area contributed by atoms with Crippen LogP contribution in [0.2, 0.25) is 0 Å². The third-order valence-corrected chi connectivity index (χ3v) is 4.86. The second-order valence-electron chi connectivity index (χ2n) is 6.62. The molecule has 0 fully saturated rings. The smallest absolute Gasteiger partial charge is 0.0229 e. The molecular weight excluding hydrogens is 300 g/mol. The Bertz CT molecular complexity index is 396. The normalized spacial score (nSPS) is 14.2. The van der Waals surface area contributed by atoms with Crippen LogP contribution in [0.4, 0.5) is 0 Å². The van der Waals surface area contributed by atoms with Gasteiger partial charge in [-0.15, -0.1) is 11.6 Å². The number of halogens is 1. The predicted octanol–water partition coefficient (Wildman–Crippen LogP) is 7.73. The van der Waals surface area contributed by atoms with E-state index >= 15 is 0 Å². The van der Waals surface area contributed by atoms with E-state index in [0.29, 0.717) is 11.8 Å². The highest BCUT2D eigenvalue weighted by Crippen LogP contribution is 2.31. The van der Waals surface area contributed by atoms with Crippen LogP contribution in [0.3, 0.4) is 0 Å². The summed E-state index contributed by atoms with van der Waals surface area (Å²) in [6.07, 6.45) is 16.4. The lowest BCUT2D eigenvalue weighted by Gasteiger charge is -2.22. The fourth-order valence-corrected chi connectivity index (χ4v) is 3.54. The zero-order valence-corrected chi connectivity index (χ0v) is 15.9. The van der Waals surface area contributed by atoms with Gasteiger partial charge in [0, 0.05) is 5.88 Å². The van der Waals surface area contributed by atoms with Gasteiger partial charge in [0.2, 0.25) is 0 Å². The third-order valence-electron chi connectivity index (χ3n) is 4.64. The molecule has 0 saturated heterocycles. The van der Waals surface area contributed by atoms with Crippen molar-refractivity contribution in [2.24, 2.45) is 5.92 Å². The number of hydrogen-bond donors (Lipinski definition) is 0. The molecule has 0 N–H and O–H groups in total. The number of benzene rings is 1. The quantitative estimate of drug-likeness (QED) is 0.196. The van der Waals surface area contributed by atoms with Crippen molar-refractivity contribution < 1.29 is 0 Å². The molecule has 0 spiro atoms. The van der Waals surface area contributed by atoms with Crippen LogP contribution in [0.5, 0.6) is 0 Å². The molecule has 0 amide bonds. The van der Waals surface area contributed by atoms with E-state index in [-0.39, 0.29) is 0 Å². The van der Waals surface area contributed by atoms with Gasteiger partial charge in [0.1, 0.15) is 0 Å². The van der Waals surface area contributed by atoms with Crippen molar-refractivity contribution in [3.63, 3.8) is 0 Å². The summed E-state index contributed by atoms with van der Waals surface area (Å²) < 4.78 is 0. The van der Waals surface area contributed by atoms with Crippen LogP contribution in [0.25, 0.3) is 0 Å². The van der Waals surface area contributed by atoms with E-state index < -0.39 is 0 Å². The van der Waals surface area contributed by atoms with Crippen LogP contribution < -0.4 is 0 Å². The van der Waals surface area contributed by atoms with Crippen LogP contribution in [0.15, 0.2) is 42.5 Å². The topological polar surface area (TPSA) is 0 Å². The Balaban J connectivity index is 2.59. The molecule has 0 aliphatic rings. The van der Waals surface area contributed by atoms with Crippen molar-refractivity contribution >= 4 is 11.6 Å². The zero-order chi connectivity index (χ0) is 16.8. The maximum atomic E-state index is 6.08. The van der Waals surface area contributed by atoms with Crippen LogP contribution in [-0.2, 0) is 0 Å². The number of allylic oxidation sites excluding steroid dienone is 2. The summed E-state index contributed by atoms with van der Waals surface area (Å²) in [6.45, 7) is 4.51. The first-order valence-corrected chi connectivity index (χ1v) is 10.1. The van der Waals surface area contributed by atoms with Crippen molar-refractivity contribution in [2.75, 3.05) is 5.88 Å². The molecule has 0 nitrogen and oxygen atoms in total. The highest BCUT2D eigenvalue weighted by atomic mass is 35.5. The Morgan fingerprint density at radius 1 is 0.957 bits per heavy atom. The van der Waals surface area contributed by atoms with Gasteiger partial charge in [-0.05, 0) is 43.1 Å². The Kier molecular flexibility index (Phi) is 12.1. The van der Waals surface area contributed by atoms with Crippen molar-refractivity contribution in [2.45, 2.75) is 77.6 Å². The van der Waals surface area contributed by atoms with E-state index in [9.17, 15) is 0 Å². The van der Waals surface area contributed by atoms with Gasteiger partial charge in [-0.2, -0.15) is 0 Å². The first-order valence-electron chi connectivity index (χ1n) is 9.59. The fourth-order valence-electron chi connectivity index (χ4n) is 3.27. The molecule has 0 saturated carbocycles. The van der Waals surface area contributed by atoms with E-state index in [1.165, 1.54) is 50.5 Å². The lowest BCUT2D eigenvalue weighted by Crippen LogP contribution is -2.07. The van der Waals surface area contributed by atoms with Gasteiger partial charge < -0.3 is 0 Å². The molecule has 0 bridgehead atoms. The molecule has 0 radical (unpaired) electrons. The summed E-state index contributed by atoms with van der Waals surface area (Å²) in [5.74, 6) is 2.04. The molecule has 1 heteroatoms. The van der Waals surface area contributed by atoms with Gasteiger partial charge in [-0.3, -0.25) is 0 Å². The number of hydrogen-bond acceptors (Lipinski definition) is 0. The van der Waals surface area contributed by atoms with E-state index in [0.717, 1.165) is 18.7 Å². The first kappa shape index (κ1) is 20.3. The Morgan fingerprint density at radius 3 is 2.35 bits per heavy atom. The van der Waals surface area contributed by atoms with E-state index in [1.54, 1.807) is 0 Å². The average molecular weight is 335 g/mol. The minimum atomic E-state index is 0.593. The second-order valence-corrected chi connectivity index (χ2v) is 7.00. The summed E-state index contributed by atoms with van der Waals surface area (Å²) in [7, 11) is 0.